The molecule has 0 saturated carbocycles. The van der Waals surface area contributed by atoms with E-state index in [0.29, 0.717) is 12.1 Å². The Morgan fingerprint density at radius 1 is 1.20 bits per heavy atom. The monoisotopic (exact) mass is 269 g/mol. The van der Waals surface area contributed by atoms with Crippen molar-refractivity contribution >= 4 is 11.6 Å². The van der Waals surface area contributed by atoms with E-state index >= 15 is 0 Å². The fraction of sp³-hybridized carbons (Fsp3) is 0.357. The molecule has 0 unspecified atom stereocenters. The highest BCUT2D eigenvalue weighted by molar-refractivity contribution is 5.97. The summed E-state index contributed by atoms with van der Waals surface area (Å²) in [6, 6.07) is 4.02. The molecule has 0 spiro atoms. The molecule has 20 heavy (non-hydrogen) atoms. The Balaban J connectivity index is 1.62. The number of carbonyl (C=O) groups excluding carboxylic acids is 1. The Hall–Kier alpha value is -2.37. The van der Waals surface area contributed by atoms with Crippen LogP contribution < -0.4 is 10.2 Å². The maximum Gasteiger partial charge on any atom is 0.255 e. The van der Waals surface area contributed by atoms with Crippen molar-refractivity contribution in [2.45, 2.75) is 19.4 Å². The van der Waals surface area contributed by atoms with Gasteiger partial charge in [0.05, 0.1) is 29.7 Å². The van der Waals surface area contributed by atoms with E-state index in [2.05, 4.69) is 26.4 Å². The summed E-state index contributed by atoms with van der Waals surface area (Å²) in [5, 5.41) is 7.14. The number of amides is 1. The molecular weight excluding hydrogens is 254 g/mol. The number of carbonyl (C=O) groups is 1. The molecule has 6 nitrogen and oxygen atoms in total. The topological polar surface area (TPSA) is 63.1 Å². The van der Waals surface area contributed by atoms with Crippen LogP contribution in [0.3, 0.4) is 0 Å². The molecule has 0 aliphatic carbocycles. The second-order valence-corrected chi connectivity index (χ2v) is 5.19. The SMILES string of the molecule is O=C1NCc2nn(-c3ccc(N4CCCC4)cn3)cc21. The summed E-state index contributed by atoms with van der Waals surface area (Å²) in [6.07, 6.45) is 6.13. The summed E-state index contributed by atoms with van der Waals surface area (Å²) in [6.45, 7) is 2.72. The summed E-state index contributed by atoms with van der Waals surface area (Å²) in [7, 11) is 0. The average Bonchev–Trinajstić information content (AvgIpc) is 3.18. The number of nitrogens with zero attached hydrogens (tertiary/aromatic N) is 4. The van der Waals surface area contributed by atoms with Crippen molar-refractivity contribution in [1.29, 1.82) is 0 Å². The maximum absolute atomic E-state index is 11.5. The van der Waals surface area contributed by atoms with Gasteiger partial charge in [0.15, 0.2) is 5.82 Å². The fourth-order valence-electron chi connectivity index (χ4n) is 2.78. The Labute approximate surface area is 116 Å². The first-order chi connectivity index (χ1) is 9.81. The number of anilines is 1. The summed E-state index contributed by atoms with van der Waals surface area (Å²) >= 11 is 0. The van der Waals surface area contributed by atoms with E-state index in [-0.39, 0.29) is 5.91 Å². The Morgan fingerprint density at radius 3 is 2.75 bits per heavy atom. The van der Waals surface area contributed by atoms with Gasteiger partial charge in [-0.25, -0.2) is 9.67 Å². The molecular formula is C14H15N5O. The van der Waals surface area contributed by atoms with Crippen molar-refractivity contribution in [3.8, 4) is 5.82 Å². The molecule has 2 aromatic rings. The summed E-state index contributed by atoms with van der Waals surface area (Å²) in [4.78, 5) is 18.3. The summed E-state index contributed by atoms with van der Waals surface area (Å²) < 4.78 is 1.68. The second-order valence-electron chi connectivity index (χ2n) is 5.19. The zero-order valence-corrected chi connectivity index (χ0v) is 11.0. The molecule has 2 aliphatic rings. The quantitative estimate of drug-likeness (QED) is 0.887. The van der Waals surface area contributed by atoms with Crippen molar-refractivity contribution in [1.82, 2.24) is 20.1 Å². The average molecular weight is 269 g/mol. The standard InChI is InChI=1S/C14H15N5O/c20-14-11-9-19(17-12(11)8-16-14)13-4-3-10(7-15-13)18-5-1-2-6-18/h3-4,7,9H,1-2,5-6,8H2,(H,16,20). The molecule has 0 radical (unpaired) electrons. The number of aromatic nitrogens is 3. The van der Waals surface area contributed by atoms with Crippen molar-refractivity contribution < 1.29 is 4.79 Å². The fourth-order valence-corrected chi connectivity index (χ4v) is 2.78. The second kappa shape index (κ2) is 4.33. The van der Waals surface area contributed by atoms with Crippen LogP contribution >= 0.6 is 0 Å². The van der Waals surface area contributed by atoms with Crippen LogP contribution in [0.15, 0.2) is 24.5 Å². The highest BCUT2D eigenvalue weighted by Gasteiger charge is 2.23. The molecule has 2 aromatic heterocycles. The third-order valence-electron chi connectivity index (χ3n) is 3.89. The zero-order chi connectivity index (χ0) is 13.5. The van der Waals surface area contributed by atoms with Gasteiger partial charge in [-0.05, 0) is 25.0 Å². The Kier molecular flexibility index (Phi) is 2.48. The highest BCUT2D eigenvalue weighted by Crippen LogP contribution is 2.21. The number of hydrogen-bond donors (Lipinski definition) is 1. The lowest BCUT2D eigenvalue weighted by molar-refractivity contribution is 0.0965. The van der Waals surface area contributed by atoms with E-state index < -0.39 is 0 Å². The van der Waals surface area contributed by atoms with Crippen molar-refractivity contribution in [2.75, 3.05) is 18.0 Å². The van der Waals surface area contributed by atoms with Gasteiger partial charge in [0, 0.05) is 19.3 Å². The molecule has 1 N–H and O–H groups in total. The van der Waals surface area contributed by atoms with Gasteiger partial charge in [-0.3, -0.25) is 4.79 Å². The first-order valence-corrected chi connectivity index (χ1v) is 6.89. The lowest BCUT2D eigenvalue weighted by Gasteiger charge is -2.16. The van der Waals surface area contributed by atoms with Gasteiger partial charge < -0.3 is 10.2 Å². The van der Waals surface area contributed by atoms with Crippen molar-refractivity contribution in [3.05, 3.63) is 35.8 Å². The predicted molar refractivity (Wildman–Crippen MR) is 74.0 cm³/mol. The molecule has 4 rings (SSSR count). The third-order valence-corrected chi connectivity index (χ3v) is 3.89. The van der Waals surface area contributed by atoms with Crippen molar-refractivity contribution in [3.63, 3.8) is 0 Å². The van der Waals surface area contributed by atoms with Gasteiger partial charge in [-0.2, -0.15) is 5.10 Å². The molecule has 6 heteroatoms. The molecule has 1 amide bonds. The lowest BCUT2D eigenvalue weighted by atomic mass is 10.3. The van der Waals surface area contributed by atoms with Crippen LogP contribution in [0.25, 0.3) is 5.82 Å². The summed E-state index contributed by atoms with van der Waals surface area (Å²) in [5.74, 6) is 0.690. The smallest absolute Gasteiger partial charge is 0.255 e. The van der Waals surface area contributed by atoms with Crippen LogP contribution in [0.5, 0.6) is 0 Å². The molecule has 1 saturated heterocycles. The summed E-state index contributed by atoms with van der Waals surface area (Å²) in [5.41, 5.74) is 2.60. The van der Waals surface area contributed by atoms with Crippen LogP contribution in [-0.2, 0) is 6.54 Å². The third kappa shape index (κ3) is 1.76. The van der Waals surface area contributed by atoms with E-state index in [1.165, 1.54) is 12.8 Å². The van der Waals surface area contributed by atoms with Gasteiger partial charge in [-0.15, -0.1) is 0 Å². The highest BCUT2D eigenvalue weighted by atomic mass is 16.2. The largest absolute Gasteiger partial charge is 0.370 e. The number of nitrogens with one attached hydrogen (secondary N) is 1. The van der Waals surface area contributed by atoms with E-state index in [1.807, 2.05) is 12.3 Å². The van der Waals surface area contributed by atoms with Gasteiger partial charge >= 0.3 is 0 Å². The van der Waals surface area contributed by atoms with Gasteiger partial charge in [-0.1, -0.05) is 0 Å². The molecule has 102 valence electrons. The van der Waals surface area contributed by atoms with E-state index in [1.54, 1.807) is 10.9 Å². The normalized spacial score (nSPS) is 17.4. The Bertz CT molecular complexity index is 655. The van der Waals surface area contributed by atoms with Gasteiger partial charge in [0.1, 0.15) is 0 Å². The van der Waals surface area contributed by atoms with Crippen LogP contribution in [0.1, 0.15) is 28.9 Å². The lowest BCUT2D eigenvalue weighted by Crippen LogP contribution is -2.18. The van der Waals surface area contributed by atoms with Crippen LogP contribution in [0, 0.1) is 0 Å². The minimum absolute atomic E-state index is 0.0556. The van der Waals surface area contributed by atoms with Gasteiger partial charge in [0.2, 0.25) is 0 Å². The number of fused-ring (bicyclic) bond motifs is 1. The molecule has 4 heterocycles. The number of rotatable bonds is 2. The predicted octanol–water partition coefficient (Wildman–Crippen LogP) is 1.11. The van der Waals surface area contributed by atoms with Crippen LogP contribution in [0.2, 0.25) is 0 Å². The number of pyridine rings is 1. The van der Waals surface area contributed by atoms with E-state index in [0.717, 1.165) is 30.3 Å². The molecule has 2 aliphatic heterocycles. The minimum Gasteiger partial charge on any atom is -0.370 e. The van der Waals surface area contributed by atoms with E-state index in [9.17, 15) is 4.79 Å². The first-order valence-electron chi connectivity index (χ1n) is 6.89. The van der Waals surface area contributed by atoms with Crippen molar-refractivity contribution in [2.24, 2.45) is 0 Å². The maximum atomic E-state index is 11.5. The molecule has 1 fully saturated rings. The van der Waals surface area contributed by atoms with Gasteiger partial charge in [0.25, 0.3) is 5.91 Å². The minimum atomic E-state index is -0.0556. The Morgan fingerprint density at radius 2 is 2.05 bits per heavy atom. The zero-order valence-electron chi connectivity index (χ0n) is 11.0. The van der Waals surface area contributed by atoms with Crippen LogP contribution in [0.4, 0.5) is 5.69 Å². The van der Waals surface area contributed by atoms with Crippen LogP contribution in [-0.4, -0.2) is 33.8 Å². The molecule has 0 aromatic carbocycles. The first kappa shape index (κ1) is 11.5. The number of hydrogen-bond acceptors (Lipinski definition) is 4. The van der Waals surface area contributed by atoms with E-state index in [4.69, 9.17) is 0 Å². The molecule has 0 bridgehead atoms. The molecule has 0 atom stereocenters.